The number of nitrogens with one attached hydrogen (secondary N) is 1. The number of phenolic OH excluding ortho intramolecular Hbond substituents is 1. The average Bonchev–Trinajstić information content (AvgIpc) is 2.62. The number of benzene rings is 3. The van der Waals surface area contributed by atoms with Gasteiger partial charge in [0.25, 0.3) is 5.91 Å². The Morgan fingerprint density at radius 1 is 1.08 bits per heavy atom. The molecule has 3 aromatic rings. The Kier molecular flexibility index (Phi) is 5.17. The van der Waals surface area contributed by atoms with Crippen LogP contribution in [0.2, 0.25) is 0 Å². The summed E-state index contributed by atoms with van der Waals surface area (Å²) in [5.41, 5.74) is 3.48. The van der Waals surface area contributed by atoms with E-state index in [1.54, 1.807) is 18.2 Å². The van der Waals surface area contributed by atoms with Gasteiger partial charge in [-0.1, -0.05) is 30.3 Å². The van der Waals surface area contributed by atoms with Gasteiger partial charge in [-0.2, -0.15) is 5.10 Å². The number of fused-ring (bicyclic) bond motifs is 1. The molecule has 5 heteroatoms. The summed E-state index contributed by atoms with van der Waals surface area (Å²) in [5, 5.41) is 16.0. The third-order valence-electron chi connectivity index (χ3n) is 3.76. The summed E-state index contributed by atoms with van der Waals surface area (Å²) in [6.07, 6.45) is 1.42. The Bertz CT molecular complexity index is 964. The van der Waals surface area contributed by atoms with Crippen molar-refractivity contribution in [2.45, 2.75) is 20.0 Å². The standard InChI is InChI=1S/C21H20N2O3/c1-14(2)26-19-10-9-18(20(24)12-19)13-22-23-21(25)17-8-7-15-5-3-4-6-16(15)11-17/h3-14,24H,1-2H3,(H,23,25)/b22-13-. The van der Waals surface area contributed by atoms with E-state index in [0.717, 1.165) is 10.8 Å². The van der Waals surface area contributed by atoms with Crippen LogP contribution < -0.4 is 10.2 Å². The van der Waals surface area contributed by atoms with Crippen LogP contribution in [0.4, 0.5) is 0 Å². The van der Waals surface area contributed by atoms with Crippen LogP contribution in [0, 0.1) is 0 Å². The molecule has 0 aliphatic carbocycles. The lowest BCUT2D eigenvalue weighted by atomic mass is 10.1. The van der Waals surface area contributed by atoms with Crippen LogP contribution in [-0.2, 0) is 0 Å². The number of carbonyl (C=O) groups excluding carboxylic acids is 1. The number of carbonyl (C=O) groups is 1. The maximum atomic E-state index is 12.2. The number of aromatic hydroxyl groups is 1. The number of amides is 1. The predicted octanol–water partition coefficient (Wildman–Crippen LogP) is 4.10. The number of hydrogen-bond acceptors (Lipinski definition) is 4. The van der Waals surface area contributed by atoms with Crippen molar-refractivity contribution in [1.82, 2.24) is 5.43 Å². The highest BCUT2D eigenvalue weighted by Gasteiger charge is 2.06. The first kappa shape index (κ1) is 17.5. The smallest absolute Gasteiger partial charge is 0.271 e. The number of hydrazone groups is 1. The zero-order valence-corrected chi connectivity index (χ0v) is 14.6. The first-order valence-corrected chi connectivity index (χ1v) is 8.35. The van der Waals surface area contributed by atoms with Gasteiger partial charge >= 0.3 is 0 Å². The van der Waals surface area contributed by atoms with Gasteiger partial charge in [0.1, 0.15) is 11.5 Å². The molecule has 3 rings (SSSR count). The number of nitrogens with zero attached hydrogens (tertiary/aromatic N) is 1. The lowest BCUT2D eigenvalue weighted by Crippen LogP contribution is -2.17. The second-order valence-corrected chi connectivity index (χ2v) is 6.15. The molecule has 2 N–H and O–H groups in total. The molecule has 0 unspecified atom stereocenters. The summed E-state index contributed by atoms with van der Waals surface area (Å²) in [5.74, 6) is 0.299. The van der Waals surface area contributed by atoms with Crippen LogP contribution in [0.1, 0.15) is 29.8 Å². The summed E-state index contributed by atoms with van der Waals surface area (Å²) in [4.78, 5) is 12.2. The molecule has 5 nitrogen and oxygen atoms in total. The lowest BCUT2D eigenvalue weighted by molar-refractivity contribution is 0.0955. The van der Waals surface area contributed by atoms with E-state index < -0.39 is 0 Å². The summed E-state index contributed by atoms with van der Waals surface area (Å²) in [6, 6.07) is 18.2. The lowest BCUT2D eigenvalue weighted by Gasteiger charge is -2.10. The monoisotopic (exact) mass is 348 g/mol. The molecule has 0 spiro atoms. The Labute approximate surface area is 151 Å². The van der Waals surface area contributed by atoms with E-state index in [1.807, 2.05) is 50.2 Å². The molecule has 0 atom stereocenters. The Morgan fingerprint density at radius 2 is 1.85 bits per heavy atom. The second kappa shape index (κ2) is 7.70. The first-order chi connectivity index (χ1) is 12.5. The molecule has 3 aromatic carbocycles. The molecule has 0 bridgehead atoms. The quantitative estimate of drug-likeness (QED) is 0.539. The fraction of sp³-hybridized carbons (Fsp3) is 0.143. The summed E-state index contributed by atoms with van der Waals surface area (Å²) in [6.45, 7) is 3.82. The minimum atomic E-state index is -0.314. The Morgan fingerprint density at radius 3 is 2.58 bits per heavy atom. The van der Waals surface area contributed by atoms with Gasteiger partial charge in [0.2, 0.25) is 0 Å². The first-order valence-electron chi connectivity index (χ1n) is 8.35. The number of hydrogen-bond donors (Lipinski definition) is 2. The Balaban J connectivity index is 1.68. The molecule has 1 amide bonds. The van der Waals surface area contributed by atoms with Crippen molar-refractivity contribution in [2.24, 2.45) is 5.10 Å². The van der Waals surface area contributed by atoms with Gasteiger partial charge in [0.05, 0.1) is 12.3 Å². The fourth-order valence-electron chi connectivity index (χ4n) is 2.53. The van der Waals surface area contributed by atoms with Gasteiger partial charge in [0.15, 0.2) is 0 Å². The normalized spacial score (nSPS) is 11.2. The van der Waals surface area contributed by atoms with E-state index >= 15 is 0 Å². The van der Waals surface area contributed by atoms with Crippen molar-refractivity contribution in [3.63, 3.8) is 0 Å². The molecule has 0 saturated heterocycles. The third kappa shape index (κ3) is 4.19. The highest BCUT2D eigenvalue weighted by atomic mass is 16.5. The molecule has 0 aromatic heterocycles. The Hall–Kier alpha value is -3.34. The van der Waals surface area contributed by atoms with Gasteiger partial charge in [-0.15, -0.1) is 0 Å². The molecular weight excluding hydrogens is 328 g/mol. The molecule has 0 radical (unpaired) electrons. The molecule has 0 aliphatic rings. The zero-order chi connectivity index (χ0) is 18.5. The van der Waals surface area contributed by atoms with Crippen molar-refractivity contribution < 1.29 is 14.6 Å². The molecule has 0 fully saturated rings. The van der Waals surface area contributed by atoms with Crippen molar-refractivity contribution in [2.75, 3.05) is 0 Å². The van der Waals surface area contributed by atoms with Crippen molar-refractivity contribution >= 4 is 22.9 Å². The van der Waals surface area contributed by atoms with Crippen LogP contribution >= 0.6 is 0 Å². The van der Waals surface area contributed by atoms with Crippen molar-refractivity contribution in [3.8, 4) is 11.5 Å². The largest absolute Gasteiger partial charge is 0.507 e. The molecule has 132 valence electrons. The van der Waals surface area contributed by atoms with E-state index in [1.165, 1.54) is 12.3 Å². The summed E-state index contributed by atoms with van der Waals surface area (Å²) in [7, 11) is 0. The molecule has 26 heavy (non-hydrogen) atoms. The van der Waals surface area contributed by atoms with Crippen LogP contribution in [-0.4, -0.2) is 23.3 Å². The van der Waals surface area contributed by atoms with Gasteiger partial charge in [-0.3, -0.25) is 4.79 Å². The van der Waals surface area contributed by atoms with Gasteiger partial charge in [-0.05, 0) is 48.9 Å². The highest BCUT2D eigenvalue weighted by molar-refractivity contribution is 5.99. The maximum absolute atomic E-state index is 12.2. The highest BCUT2D eigenvalue weighted by Crippen LogP contribution is 2.23. The van der Waals surface area contributed by atoms with E-state index in [4.69, 9.17) is 4.74 Å². The summed E-state index contributed by atoms with van der Waals surface area (Å²) < 4.78 is 5.51. The molecular formula is C21H20N2O3. The van der Waals surface area contributed by atoms with Crippen molar-refractivity contribution in [1.29, 1.82) is 0 Å². The van der Waals surface area contributed by atoms with Gasteiger partial charge in [0, 0.05) is 17.2 Å². The number of ether oxygens (including phenoxy) is 1. The zero-order valence-electron chi connectivity index (χ0n) is 14.6. The van der Waals surface area contributed by atoms with Crippen LogP contribution in [0.25, 0.3) is 10.8 Å². The summed E-state index contributed by atoms with van der Waals surface area (Å²) >= 11 is 0. The second-order valence-electron chi connectivity index (χ2n) is 6.15. The molecule has 0 heterocycles. The third-order valence-corrected chi connectivity index (χ3v) is 3.76. The molecule has 0 aliphatic heterocycles. The fourth-order valence-corrected chi connectivity index (χ4v) is 2.53. The van der Waals surface area contributed by atoms with E-state index in [2.05, 4.69) is 10.5 Å². The predicted molar refractivity (Wildman–Crippen MR) is 103 cm³/mol. The topological polar surface area (TPSA) is 70.9 Å². The van der Waals surface area contributed by atoms with Crippen LogP contribution in [0.3, 0.4) is 0 Å². The average molecular weight is 348 g/mol. The van der Waals surface area contributed by atoms with Crippen LogP contribution in [0.15, 0.2) is 65.8 Å². The van der Waals surface area contributed by atoms with Gasteiger partial charge < -0.3 is 9.84 Å². The number of phenols is 1. The maximum Gasteiger partial charge on any atom is 0.271 e. The van der Waals surface area contributed by atoms with E-state index in [0.29, 0.717) is 16.9 Å². The van der Waals surface area contributed by atoms with E-state index in [9.17, 15) is 9.90 Å². The molecule has 0 saturated carbocycles. The van der Waals surface area contributed by atoms with Gasteiger partial charge in [-0.25, -0.2) is 5.43 Å². The van der Waals surface area contributed by atoms with E-state index in [-0.39, 0.29) is 17.8 Å². The SMILES string of the molecule is CC(C)Oc1ccc(/C=N\NC(=O)c2ccc3ccccc3c2)c(O)c1. The minimum absolute atomic E-state index is 0.0233. The number of rotatable bonds is 5. The van der Waals surface area contributed by atoms with Crippen LogP contribution in [0.5, 0.6) is 11.5 Å². The minimum Gasteiger partial charge on any atom is -0.507 e. The van der Waals surface area contributed by atoms with Crippen molar-refractivity contribution in [3.05, 3.63) is 71.8 Å².